The minimum absolute atomic E-state index is 0.156. The number of amides is 1. The molecule has 0 unspecified atom stereocenters. The van der Waals surface area contributed by atoms with Crippen LogP contribution in [0.15, 0.2) is 45.9 Å². The Hall–Kier alpha value is -2.67. The molecule has 0 spiro atoms. The molecule has 1 N–H and O–H groups in total. The quantitative estimate of drug-likeness (QED) is 0.532. The lowest BCUT2D eigenvalue weighted by Gasteiger charge is -1.99. The molecule has 2 rings (SSSR count). The van der Waals surface area contributed by atoms with Crippen LogP contribution in [0.25, 0.3) is 0 Å². The van der Waals surface area contributed by atoms with Crippen molar-refractivity contribution in [3.63, 3.8) is 0 Å². The first kappa shape index (κ1) is 13.8. The van der Waals surface area contributed by atoms with Gasteiger partial charge in [0.15, 0.2) is 5.76 Å². The van der Waals surface area contributed by atoms with E-state index in [1.165, 1.54) is 18.2 Å². The minimum atomic E-state index is -0.665. The first-order chi connectivity index (χ1) is 9.56. The number of hydrogen-bond acceptors (Lipinski definition) is 5. The van der Waals surface area contributed by atoms with Gasteiger partial charge in [0.05, 0.1) is 12.3 Å². The van der Waals surface area contributed by atoms with Gasteiger partial charge in [0.1, 0.15) is 4.92 Å². The van der Waals surface area contributed by atoms with Gasteiger partial charge in [0.2, 0.25) is 0 Å². The maximum absolute atomic E-state index is 11.7. The van der Waals surface area contributed by atoms with Gasteiger partial charge in [-0.3, -0.25) is 14.9 Å². The van der Waals surface area contributed by atoms with Crippen molar-refractivity contribution in [1.29, 1.82) is 0 Å². The number of carbonyl (C=O) groups is 1. The summed E-state index contributed by atoms with van der Waals surface area (Å²) in [6, 6.07) is 8.91. The first-order valence-corrected chi connectivity index (χ1v) is 5.77. The van der Waals surface area contributed by atoms with Crippen LogP contribution in [-0.4, -0.2) is 17.0 Å². The molecule has 1 heterocycles. The molecule has 0 bridgehead atoms. The Kier molecular flexibility index (Phi) is 4.11. The summed E-state index contributed by atoms with van der Waals surface area (Å²) in [5, 5.41) is 14.5. The van der Waals surface area contributed by atoms with Crippen molar-refractivity contribution in [2.45, 2.75) is 0 Å². The van der Waals surface area contributed by atoms with E-state index in [0.29, 0.717) is 10.6 Å². The number of halogens is 1. The molecule has 0 fully saturated rings. The van der Waals surface area contributed by atoms with E-state index in [-0.39, 0.29) is 5.76 Å². The molecule has 102 valence electrons. The molecule has 0 atom stereocenters. The van der Waals surface area contributed by atoms with Crippen LogP contribution in [0.2, 0.25) is 5.02 Å². The predicted octanol–water partition coefficient (Wildman–Crippen LogP) is 2.61. The SMILES string of the molecule is O=C(N/N=C\c1ccc([N+](=O)[O-])o1)c1cccc(Cl)c1. The zero-order chi connectivity index (χ0) is 14.5. The van der Waals surface area contributed by atoms with Crippen molar-refractivity contribution >= 4 is 29.6 Å². The minimum Gasteiger partial charge on any atom is -0.400 e. The molecule has 1 aromatic carbocycles. The van der Waals surface area contributed by atoms with Gasteiger partial charge in [-0.1, -0.05) is 17.7 Å². The molecule has 1 amide bonds. The summed E-state index contributed by atoms with van der Waals surface area (Å²) in [6.45, 7) is 0. The van der Waals surface area contributed by atoms with Crippen LogP contribution < -0.4 is 5.43 Å². The zero-order valence-corrected chi connectivity index (χ0v) is 10.7. The van der Waals surface area contributed by atoms with E-state index in [0.717, 1.165) is 6.21 Å². The molecule has 0 radical (unpaired) electrons. The molecule has 0 aliphatic rings. The summed E-state index contributed by atoms with van der Waals surface area (Å²) in [5.74, 6) is -0.694. The highest BCUT2D eigenvalue weighted by Crippen LogP contribution is 2.14. The molecule has 7 nitrogen and oxygen atoms in total. The van der Waals surface area contributed by atoms with Crippen molar-refractivity contribution in [2.24, 2.45) is 5.10 Å². The summed E-state index contributed by atoms with van der Waals surface area (Å²) in [7, 11) is 0. The molecule has 20 heavy (non-hydrogen) atoms. The number of hydrazone groups is 1. The summed E-state index contributed by atoms with van der Waals surface area (Å²) >= 11 is 5.75. The van der Waals surface area contributed by atoms with Crippen LogP contribution >= 0.6 is 11.6 Å². The lowest BCUT2D eigenvalue weighted by Crippen LogP contribution is -2.17. The van der Waals surface area contributed by atoms with E-state index in [4.69, 9.17) is 16.0 Å². The van der Waals surface area contributed by atoms with Crippen LogP contribution in [0.1, 0.15) is 16.1 Å². The van der Waals surface area contributed by atoms with E-state index in [1.54, 1.807) is 18.2 Å². The second-order valence-corrected chi connectivity index (χ2v) is 4.08. The number of nitrogens with zero attached hydrogens (tertiary/aromatic N) is 2. The number of carbonyl (C=O) groups excluding carboxylic acids is 1. The monoisotopic (exact) mass is 293 g/mol. The first-order valence-electron chi connectivity index (χ1n) is 5.39. The Morgan fingerprint density at radius 2 is 2.20 bits per heavy atom. The van der Waals surface area contributed by atoms with Gasteiger partial charge < -0.3 is 4.42 Å². The molecular weight excluding hydrogens is 286 g/mol. The van der Waals surface area contributed by atoms with Crippen LogP contribution in [0.4, 0.5) is 5.88 Å². The van der Waals surface area contributed by atoms with Crippen molar-refractivity contribution in [3.8, 4) is 0 Å². The largest absolute Gasteiger partial charge is 0.433 e. The van der Waals surface area contributed by atoms with Crippen molar-refractivity contribution in [2.75, 3.05) is 0 Å². The molecule has 2 aromatic rings. The second-order valence-electron chi connectivity index (χ2n) is 3.64. The molecule has 0 aliphatic carbocycles. The molecule has 0 saturated heterocycles. The number of nitrogens with one attached hydrogen (secondary N) is 1. The van der Waals surface area contributed by atoms with Crippen molar-refractivity contribution in [1.82, 2.24) is 5.43 Å². The average molecular weight is 294 g/mol. The normalized spacial score (nSPS) is 10.7. The number of nitro groups is 1. The van der Waals surface area contributed by atoms with Crippen LogP contribution in [0.3, 0.4) is 0 Å². The topological polar surface area (TPSA) is 97.7 Å². The van der Waals surface area contributed by atoms with E-state index in [1.807, 2.05) is 0 Å². The Balaban J connectivity index is 1.99. The van der Waals surface area contributed by atoms with Gasteiger partial charge in [0, 0.05) is 10.6 Å². The number of hydrogen-bond donors (Lipinski definition) is 1. The van der Waals surface area contributed by atoms with Crippen molar-refractivity contribution in [3.05, 3.63) is 62.9 Å². The third-order valence-corrected chi connectivity index (χ3v) is 2.47. The van der Waals surface area contributed by atoms with E-state index in [2.05, 4.69) is 10.5 Å². The van der Waals surface area contributed by atoms with E-state index in [9.17, 15) is 14.9 Å². The highest BCUT2D eigenvalue weighted by atomic mass is 35.5. The van der Waals surface area contributed by atoms with Crippen LogP contribution in [0.5, 0.6) is 0 Å². The lowest BCUT2D eigenvalue weighted by atomic mass is 10.2. The zero-order valence-electron chi connectivity index (χ0n) is 9.95. The van der Waals surface area contributed by atoms with Gasteiger partial charge in [-0.25, -0.2) is 5.43 Å². The summed E-state index contributed by atoms with van der Waals surface area (Å²) in [4.78, 5) is 21.4. The molecular formula is C12H8ClN3O4. The summed E-state index contributed by atoms with van der Waals surface area (Å²) in [5.41, 5.74) is 2.60. The smallest absolute Gasteiger partial charge is 0.400 e. The van der Waals surface area contributed by atoms with Gasteiger partial charge in [-0.15, -0.1) is 0 Å². The molecule has 1 aromatic heterocycles. The van der Waals surface area contributed by atoms with Crippen LogP contribution in [-0.2, 0) is 0 Å². The lowest BCUT2D eigenvalue weighted by molar-refractivity contribution is -0.402. The van der Waals surface area contributed by atoms with Gasteiger partial charge in [0.25, 0.3) is 5.91 Å². The highest BCUT2D eigenvalue weighted by molar-refractivity contribution is 6.30. The van der Waals surface area contributed by atoms with E-state index < -0.39 is 16.7 Å². The van der Waals surface area contributed by atoms with Crippen molar-refractivity contribution < 1.29 is 14.1 Å². The van der Waals surface area contributed by atoms with Gasteiger partial charge >= 0.3 is 5.88 Å². The number of benzene rings is 1. The van der Waals surface area contributed by atoms with Crippen LogP contribution in [0, 0.1) is 10.1 Å². The van der Waals surface area contributed by atoms with Gasteiger partial charge in [-0.05, 0) is 24.3 Å². The maximum Gasteiger partial charge on any atom is 0.433 e. The third kappa shape index (κ3) is 3.42. The molecule has 0 saturated carbocycles. The molecule has 0 aliphatic heterocycles. The van der Waals surface area contributed by atoms with Gasteiger partial charge in [-0.2, -0.15) is 5.10 Å². The maximum atomic E-state index is 11.7. The Morgan fingerprint density at radius 1 is 1.40 bits per heavy atom. The number of rotatable bonds is 4. The number of furan rings is 1. The molecule has 8 heteroatoms. The average Bonchev–Trinajstić information content (AvgIpc) is 2.87. The Labute approximate surface area is 118 Å². The fourth-order valence-corrected chi connectivity index (χ4v) is 1.55. The summed E-state index contributed by atoms with van der Waals surface area (Å²) in [6.07, 6.45) is 1.16. The fourth-order valence-electron chi connectivity index (χ4n) is 1.36. The summed E-state index contributed by atoms with van der Waals surface area (Å²) < 4.78 is 4.83. The fraction of sp³-hybridized carbons (Fsp3) is 0. The third-order valence-electron chi connectivity index (χ3n) is 2.24. The van der Waals surface area contributed by atoms with E-state index >= 15 is 0 Å². The predicted molar refractivity (Wildman–Crippen MR) is 71.9 cm³/mol. The second kappa shape index (κ2) is 5.98. The Morgan fingerprint density at radius 3 is 2.85 bits per heavy atom. The highest BCUT2D eigenvalue weighted by Gasteiger charge is 2.10. The standard InChI is InChI=1S/C12H8ClN3O4/c13-9-3-1-2-8(6-9)12(17)15-14-7-10-4-5-11(20-10)16(18)19/h1-7H,(H,15,17)/b14-7-. The Bertz CT molecular complexity index is 681.